The molecule has 116 valence electrons. The van der Waals surface area contributed by atoms with E-state index in [-0.39, 0.29) is 51.0 Å². The molecule has 3 heteroatoms. The standard InChI is InChI=1S/C15H13.C5H5.2ClH.Zr/c1-10-3-5-14-12(7-10)9-13-8-11(2)4-6-15(13)14;1-2-4-5-3-1;;;/h3-9H,1-2H3;1-3H,4H2;2*1H;/q2*-1;;;+4/p-2. The molecule has 0 unspecified atom stereocenters. The summed E-state index contributed by atoms with van der Waals surface area (Å²) in [6, 6.07) is 15.6. The molecule has 1 aliphatic rings. The third kappa shape index (κ3) is 5.38. The van der Waals surface area contributed by atoms with Crippen LogP contribution in [-0.4, -0.2) is 0 Å². The summed E-state index contributed by atoms with van der Waals surface area (Å²) in [5, 5.41) is 5.46. The first kappa shape index (κ1) is 22.3. The molecule has 0 radical (unpaired) electrons. The van der Waals surface area contributed by atoms with Gasteiger partial charge in [0.15, 0.2) is 0 Å². The summed E-state index contributed by atoms with van der Waals surface area (Å²) in [4.78, 5) is 0. The Hall–Kier alpha value is -0.747. The van der Waals surface area contributed by atoms with Crippen LogP contribution in [0.4, 0.5) is 0 Å². The summed E-state index contributed by atoms with van der Waals surface area (Å²) >= 11 is 0. The van der Waals surface area contributed by atoms with E-state index in [1.807, 2.05) is 12.2 Å². The van der Waals surface area contributed by atoms with Crippen LogP contribution < -0.4 is 24.8 Å². The Morgan fingerprint density at radius 1 is 0.870 bits per heavy atom. The minimum Gasteiger partial charge on any atom is -1.00 e. The largest absolute Gasteiger partial charge is 4.00 e. The second kappa shape index (κ2) is 10.2. The molecule has 0 atom stereocenters. The maximum Gasteiger partial charge on any atom is 4.00 e. The molecule has 3 aromatic carbocycles. The first-order valence-electron chi connectivity index (χ1n) is 7.02. The fraction of sp³-hybridized carbons (Fsp3) is 0.150. The zero-order valence-corrected chi connectivity index (χ0v) is 17.2. The molecular formula is C20H18Cl2Zr. The molecule has 0 bridgehead atoms. The van der Waals surface area contributed by atoms with Crippen LogP contribution in [0.2, 0.25) is 0 Å². The molecule has 1 aliphatic carbocycles. The SMILES string of the molecule is Cc1ccc2c(c1)[cH-]c1cc(C)ccc12.[C-]1=CC=CC1.[Cl-].[Cl-].[Zr+4]. The zero-order chi connectivity index (χ0) is 13.9. The van der Waals surface area contributed by atoms with E-state index in [9.17, 15) is 0 Å². The zero-order valence-electron chi connectivity index (χ0n) is 13.2. The van der Waals surface area contributed by atoms with Gasteiger partial charge in [-0.25, -0.2) is 12.2 Å². The Labute approximate surface area is 170 Å². The van der Waals surface area contributed by atoms with Gasteiger partial charge in [0.25, 0.3) is 0 Å². The Kier molecular flexibility index (Phi) is 9.86. The quantitative estimate of drug-likeness (QED) is 0.436. The van der Waals surface area contributed by atoms with Crippen molar-refractivity contribution in [1.82, 2.24) is 0 Å². The predicted octanol–water partition coefficient (Wildman–Crippen LogP) is -0.360. The van der Waals surface area contributed by atoms with Crippen LogP contribution in [0, 0.1) is 19.9 Å². The average molecular weight is 420 g/mol. The van der Waals surface area contributed by atoms with E-state index in [2.05, 4.69) is 68.5 Å². The first-order chi connectivity index (χ1) is 9.74. The molecule has 0 spiro atoms. The number of fused-ring (bicyclic) bond motifs is 3. The molecule has 0 N–H and O–H groups in total. The molecule has 0 heterocycles. The summed E-state index contributed by atoms with van der Waals surface area (Å²) in [6.45, 7) is 4.28. The monoisotopic (exact) mass is 418 g/mol. The van der Waals surface area contributed by atoms with E-state index in [1.54, 1.807) is 0 Å². The van der Waals surface area contributed by atoms with E-state index in [4.69, 9.17) is 0 Å². The van der Waals surface area contributed by atoms with Gasteiger partial charge in [0, 0.05) is 0 Å². The molecule has 0 aliphatic heterocycles. The van der Waals surface area contributed by atoms with E-state index >= 15 is 0 Å². The van der Waals surface area contributed by atoms with Crippen molar-refractivity contribution in [3.05, 3.63) is 77.9 Å². The van der Waals surface area contributed by atoms with Crippen LogP contribution in [-0.2, 0) is 26.2 Å². The average Bonchev–Trinajstić information content (AvgIpc) is 3.08. The van der Waals surface area contributed by atoms with Gasteiger partial charge in [0.2, 0.25) is 0 Å². The van der Waals surface area contributed by atoms with Gasteiger partial charge in [0.1, 0.15) is 0 Å². The van der Waals surface area contributed by atoms with E-state index in [0.717, 1.165) is 6.42 Å². The van der Waals surface area contributed by atoms with Crippen LogP contribution in [0.25, 0.3) is 21.5 Å². The number of rotatable bonds is 0. The van der Waals surface area contributed by atoms with Crippen molar-refractivity contribution in [2.45, 2.75) is 20.3 Å². The predicted molar refractivity (Wildman–Crippen MR) is 88.1 cm³/mol. The van der Waals surface area contributed by atoms with E-state index in [0.29, 0.717) is 0 Å². The van der Waals surface area contributed by atoms with Crippen LogP contribution in [0.3, 0.4) is 0 Å². The Balaban J connectivity index is 0.000000529. The minimum atomic E-state index is 0. The Bertz CT molecular complexity index is 747. The molecule has 0 fully saturated rings. The third-order valence-corrected chi connectivity index (χ3v) is 3.60. The molecule has 23 heavy (non-hydrogen) atoms. The maximum atomic E-state index is 2.99. The fourth-order valence-corrected chi connectivity index (χ4v) is 2.60. The fourth-order valence-electron chi connectivity index (χ4n) is 2.60. The number of allylic oxidation sites excluding steroid dienone is 4. The summed E-state index contributed by atoms with van der Waals surface area (Å²) in [5.74, 6) is 0. The third-order valence-electron chi connectivity index (χ3n) is 3.60. The smallest absolute Gasteiger partial charge is 1.00 e. The molecular weight excluding hydrogens is 402 g/mol. The van der Waals surface area contributed by atoms with Crippen LogP contribution in [0.5, 0.6) is 0 Å². The number of aryl methyl sites for hydroxylation is 2. The molecule has 0 nitrogen and oxygen atoms in total. The molecule has 0 saturated carbocycles. The summed E-state index contributed by atoms with van der Waals surface area (Å²) < 4.78 is 0. The molecule has 3 aromatic rings. The van der Waals surface area contributed by atoms with E-state index < -0.39 is 0 Å². The van der Waals surface area contributed by atoms with Gasteiger partial charge in [-0.2, -0.15) is 6.08 Å². The second-order valence-corrected chi connectivity index (χ2v) is 5.33. The summed E-state index contributed by atoms with van der Waals surface area (Å²) in [7, 11) is 0. The van der Waals surface area contributed by atoms with Gasteiger partial charge in [0.05, 0.1) is 0 Å². The summed E-state index contributed by atoms with van der Waals surface area (Å²) in [5.41, 5.74) is 2.66. The number of hydrogen-bond donors (Lipinski definition) is 0. The number of benzene rings is 2. The van der Waals surface area contributed by atoms with Crippen molar-refractivity contribution in [2.24, 2.45) is 0 Å². The maximum absolute atomic E-state index is 2.99. The van der Waals surface area contributed by atoms with E-state index in [1.165, 1.54) is 32.7 Å². The summed E-state index contributed by atoms with van der Waals surface area (Å²) in [6.07, 6.45) is 10.0. The van der Waals surface area contributed by atoms with Crippen molar-refractivity contribution in [1.29, 1.82) is 0 Å². The van der Waals surface area contributed by atoms with Crippen molar-refractivity contribution in [2.75, 3.05) is 0 Å². The normalized spacial score (nSPS) is 11.2. The second-order valence-electron chi connectivity index (χ2n) is 5.33. The number of hydrogen-bond acceptors (Lipinski definition) is 0. The van der Waals surface area contributed by atoms with Crippen LogP contribution >= 0.6 is 0 Å². The van der Waals surface area contributed by atoms with Crippen LogP contribution in [0.1, 0.15) is 17.5 Å². The number of halogens is 2. The van der Waals surface area contributed by atoms with Gasteiger partial charge in [-0.05, 0) is 13.8 Å². The van der Waals surface area contributed by atoms with Gasteiger partial charge in [-0.3, -0.25) is 6.08 Å². The first-order valence-corrected chi connectivity index (χ1v) is 7.02. The van der Waals surface area contributed by atoms with Gasteiger partial charge < -0.3 is 24.8 Å². The molecule has 0 amide bonds. The Morgan fingerprint density at radius 3 is 1.74 bits per heavy atom. The Morgan fingerprint density at radius 2 is 1.39 bits per heavy atom. The van der Waals surface area contributed by atoms with Gasteiger partial charge in [-0.1, -0.05) is 35.4 Å². The van der Waals surface area contributed by atoms with Gasteiger partial charge >= 0.3 is 26.2 Å². The minimum absolute atomic E-state index is 0. The molecule has 0 saturated heterocycles. The van der Waals surface area contributed by atoms with Crippen LogP contribution in [0.15, 0.2) is 60.7 Å². The molecule has 0 aromatic heterocycles. The van der Waals surface area contributed by atoms with Crippen molar-refractivity contribution >= 4 is 21.5 Å². The van der Waals surface area contributed by atoms with Gasteiger partial charge in [-0.15, -0.1) is 46.2 Å². The van der Waals surface area contributed by atoms with Crippen molar-refractivity contribution in [3.63, 3.8) is 0 Å². The van der Waals surface area contributed by atoms with Crippen molar-refractivity contribution in [3.8, 4) is 0 Å². The molecule has 4 rings (SSSR count). The van der Waals surface area contributed by atoms with Crippen molar-refractivity contribution < 1.29 is 51.0 Å². The topological polar surface area (TPSA) is 0 Å².